The van der Waals surface area contributed by atoms with Crippen molar-refractivity contribution in [2.45, 2.75) is 51.2 Å². The Hall–Kier alpha value is -3.49. The van der Waals surface area contributed by atoms with Gasteiger partial charge in [-0.05, 0) is 43.0 Å². The van der Waals surface area contributed by atoms with Gasteiger partial charge in [0.25, 0.3) is 5.91 Å². The van der Waals surface area contributed by atoms with Crippen molar-refractivity contribution in [3.8, 4) is 11.5 Å². The summed E-state index contributed by atoms with van der Waals surface area (Å²) in [6.45, 7) is 3.40. The number of ether oxygens (including phenoxy) is 3. The first-order chi connectivity index (χ1) is 15.8. The van der Waals surface area contributed by atoms with Crippen molar-refractivity contribution in [2.75, 3.05) is 7.11 Å². The summed E-state index contributed by atoms with van der Waals surface area (Å²) in [5.74, 6) is -2.31. The highest BCUT2D eigenvalue weighted by Crippen LogP contribution is 2.36. The molecule has 2 aliphatic rings. The maximum absolute atomic E-state index is 13.5. The molecule has 0 spiro atoms. The fraction of sp³-hybridized carbons (Fsp3) is 0.417. The van der Waals surface area contributed by atoms with E-state index in [0.29, 0.717) is 6.42 Å². The number of amides is 1. The number of esters is 2. The van der Waals surface area contributed by atoms with Crippen molar-refractivity contribution in [2.24, 2.45) is 5.92 Å². The largest absolute Gasteiger partial charge is 0.493 e. The van der Waals surface area contributed by atoms with Crippen molar-refractivity contribution < 1.29 is 33.0 Å². The molecule has 2 unspecified atom stereocenters. The van der Waals surface area contributed by atoms with Crippen LogP contribution in [0.5, 0.6) is 11.5 Å². The average molecular weight is 456 g/mol. The second-order valence-corrected chi connectivity index (χ2v) is 8.39. The van der Waals surface area contributed by atoms with Gasteiger partial charge < -0.3 is 19.5 Å². The number of carbonyl (C=O) groups excluding carboxylic acids is 3. The highest BCUT2D eigenvalue weighted by Gasteiger charge is 2.35. The van der Waals surface area contributed by atoms with Crippen molar-refractivity contribution in [3.63, 3.8) is 0 Å². The number of hydrogen-bond acceptors (Lipinski definition) is 7. The lowest BCUT2D eigenvalue weighted by atomic mass is 10.0. The number of nitrogens with one attached hydrogen (secondary N) is 1. The molecule has 1 aromatic heterocycles. The Kier molecular flexibility index (Phi) is 6.31. The number of halogens is 1. The lowest BCUT2D eigenvalue weighted by Crippen LogP contribution is -2.41. The van der Waals surface area contributed by atoms with Crippen molar-refractivity contribution in [1.29, 1.82) is 0 Å². The van der Waals surface area contributed by atoms with Crippen LogP contribution in [0.1, 0.15) is 54.2 Å². The zero-order valence-corrected chi connectivity index (χ0v) is 18.6. The number of fused-ring (bicyclic) bond motifs is 1. The molecule has 1 aromatic carbocycles. The molecule has 0 radical (unpaired) electrons. The molecule has 33 heavy (non-hydrogen) atoms. The number of pyridine rings is 1. The molecule has 4 rings (SSSR count). The average Bonchev–Trinajstić information content (AvgIpc) is 3.59. The molecule has 1 saturated carbocycles. The summed E-state index contributed by atoms with van der Waals surface area (Å²) in [5.41, 5.74) is 1.58. The third kappa shape index (κ3) is 4.81. The lowest BCUT2D eigenvalue weighted by Gasteiger charge is -2.20. The molecule has 0 aliphatic heterocycles. The molecule has 0 saturated heterocycles. The SMILES string of the molecule is COc1ccnc(C(=O)N[C@@H](C)C(=O)OC2Cc3cc(F)ccc3C2C)c1OC(=O)C1CC1. The Labute approximate surface area is 190 Å². The summed E-state index contributed by atoms with van der Waals surface area (Å²) in [6, 6.07) is 5.02. The number of nitrogens with zero attached hydrogens (tertiary/aromatic N) is 1. The van der Waals surface area contributed by atoms with Crippen LogP contribution >= 0.6 is 0 Å². The second kappa shape index (κ2) is 9.17. The molecule has 2 aliphatic carbocycles. The van der Waals surface area contributed by atoms with Crippen LogP contribution in [0.4, 0.5) is 4.39 Å². The number of hydrogen-bond donors (Lipinski definition) is 1. The first kappa shape index (κ1) is 22.7. The van der Waals surface area contributed by atoms with Crippen LogP contribution in [-0.4, -0.2) is 42.1 Å². The zero-order chi connectivity index (χ0) is 23.7. The number of benzene rings is 1. The number of methoxy groups -OCH3 is 1. The van der Waals surface area contributed by atoms with E-state index in [1.54, 1.807) is 6.07 Å². The highest BCUT2D eigenvalue weighted by molar-refractivity contribution is 5.98. The predicted octanol–water partition coefficient (Wildman–Crippen LogP) is 2.93. The normalized spacial score (nSPS) is 19.9. The molecule has 8 nitrogen and oxygen atoms in total. The van der Waals surface area contributed by atoms with Crippen LogP contribution < -0.4 is 14.8 Å². The fourth-order valence-electron chi connectivity index (χ4n) is 3.86. The van der Waals surface area contributed by atoms with Gasteiger partial charge in [0.05, 0.1) is 13.0 Å². The number of carbonyl (C=O) groups is 3. The third-order valence-corrected chi connectivity index (χ3v) is 5.96. The van der Waals surface area contributed by atoms with E-state index in [1.165, 1.54) is 38.4 Å². The molecule has 1 heterocycles. The van der Waals surface area contributed by atoms with Gasteiger partial charge in [-0.2, -0.15) is 0 Å². The van der Waals surface area contributed by atoms with E-state index in [4.69, 9.17) is 14.2 Å². The Morgan fingerprint density at radius 2 is 1.97 bits per heavy atom. The van der Waals surface area contributed by atoms with Crippen molar-refractivity contribution in [1.82, 2.24) is 10.3 Å². The summed E-state index contributed by atoms with van der Waals surface area (Å²) in [4.78, 5) is 41.7. The molecule has 2 aromatic rings. The maximum atomic E-state index is 13.5. The zero-order valence-electron chi connectivity index (χ0n) is 18.6. The van der Waals surface area contributed by atoms with Gasteiger partial charge in [0.15, 0.2) is 11.4 Å². The van der Waals surface area contributed by atoms with Crippen LogP contribution in [0.25, 0.3) is 0 Å². The van der Waals surface area contributed by atoms with E-state index in [1.807, 2.05) is 6.92 Å². The standard InChI is InChI=1S/C24H25FN2O6/c1-12-17-7-6-16(25)10-15(17)11-19(12)32-23(29)13(2)27-22(28)20-21(18(31-3)8-9-26-20)33-24(30)14-4-5-14/h6-10,12-14,19H,4-5,11H2,1-3H3,(H,27,28)/t12?,13-,19?/m0/s1. The topological polar surface area (TPSA) is 104 Å². The Morgan fingerprint density at radius 1 is 1.21 bits per heavy atom. The van der Waals surface area contributed by atoms with E-state index in [9.17, 15) is 18.8 Å². The summed E-state index contributed by atoms with van der Waals surface area (Å²) in [7, 11) is 1.39. The van der Waals surface area contributed by atoms with E-state index < -0.39 is 30.0 Å². The second-order valence-electron chi connectivity index (χ2n) is 8.39. The van der Waals surface area contributed by atoms with Crippen molar-refractivity contribution in [3.05, 3.63) is 53.1 Å². The minimum absolute atomic E-state index is 0.0862. The molecule has 9 heteroatoms. The third-order valence-electron chi connectivity index (χ3n) is 5.96. The minimum Gasteiger partial charge on any atom is -0.493 e. The van der Waals surface area contributed by atoms with Crippen molar-refractivity contribution >= 4 is 17.8 Å². The smallest absolute Gasteiger partial charge is 0.328 e. The monoisotopic (exact) mass is 456 g/mol. The molecule has 174 valence electrons. The first-order valence-electron chi connectivity index (χ1n) is 10.8. The summed E-state index contributed by atoms with van der Waals surface area (Å²) in [5, 5.41) is 2.54. The van der Waals surface area contributed by atoms with Crippen LogP contribution in [0.3, 0.4) is 0 Å². The van der Waals surface area contributed by atoms with Gasteiger partial charge in [0.2, 0.25) is 5.75 Å². The van der Waals surface area contributed by atoms with E-state index >= 15 is 0 Å². The Morgan fingerprint density at radius 3 is 2.67 bits per heavy atom. The predicted molar refractivity (Wildman–Crippen MR) is 114 cm³/mol. The number of rotatable bonds is 7. The van der Waals surface area contributed by atoms with Gasteiger partial charge in [-0.15, -0.1) is 0 Å². The Balaban J connectivity index is 1.42. The summed E-state index contributed by atoms with van der Waals surface area (Å²) >= 11 is 0. The van der Waals surface area contributed by atoms with E-state index in [2.05, 4.69) is 10.3 Å². The quantitative estimate of drug-likeness (QED) is 0.639. The molecule has 1 amide bonds. The van der Waals surface area contributed by atoms with Crippen LogP contribution in [-0.2, 0) is 20.7 Å². The Bertz CT molecular complexity index is 1100. The summed E-state index contributed by atoms with van der Waals surface area (Å²) < 4.78 is 29.7. The van der Waals surface area contributed by atoms with Gasteiger partial charge in [-0.25, -0.2) is 14.2 Å². The molecule has 1 fully saturated rings. The maximum Gasteiger partial charge on any atom is 0.328 e. The minimum atomic E-state index is -0.995. The molecule has 0 bridgehead atoms. The van der Waals surface area contributed by atoms with Crippen LogP contribution in [0, 0.1) is 11.7 Å². The van der Waals surface area contributed by atoms with Gasteiger partial charge in [0.1, 0.15) is 18.0 Å². The fourth-order valence-corrected chi connectivity index (χ4v) is 3.86. The molecule has 1 N–H and O–H groups in total. The molecule has 3 atom stereocenters. The highest BCUT2D eigenvalue weighted by atomic mass is 19.1. The molecular weight excluding hydrogens is 431 g/mol. The lowest BCUT2D eigenvalue weighted by molar-refractivity contribution is -0.151. The van der Waals surface area contributed by atoms with Crippen LogP contribution in [0.2, 0.25) is 0 Å². The van der Waals surface area contributed by atoms with Crippen LogP contribution in [0.15, 0.2) is 30.5 Å². The first-order valence-corrected chi connectivity index (χ1v) is 10.8. The van der Waals surface area contributed by atoms with E-state index in [-0.39, 0.29) is 34.8 Å². The van der Waals surface area contributed by atoms with Gasteiger partial charge in [-0.3, -0.25) is 9.59 Å². The molecular formula is C24H25FN2O6. The number of aromatic nitrogens is 1. The van der Waals surface area contributed by atoms with E-state index in [0.717, 1.165) is 24.0 Å². The van der Waals surface area contributed by atoms with Gasteiger partial charge in [0, 0.05) is 24.6 Å². The summed E-state index contributed by atoms with van der Waals surface area (Å²) in [6.07, 6.45) is 2.77. The van der Waals surface area contributed by atoms with Gasteiger partial charge in [-0.1, -0.05) is 13.0 Å². The van der Waals surface area contributed by atoms with Gasteiger partial charge >= 0.3 is 11.9 Å².